The molecule has 1 heterocycles. The average Bonchev–Trinajstić information content (AvgIpc) is 2.80. The molecule has 2 amide bonds. The molecular weight excluding hydrogens is 382 g/mol. The summed E-state index contributed by atoms with van der Waals surface area (Å²) < 4.78 is 10.8. The lowest BCUT2D eigenvalue weighted by Gasteiger charge is -2.35. The Labute approximate surface area is 177 Å². The third kappa shape index (κ3) is 5.73. The van der Waals surface area contributed by atoms with Crippen LogP contribution < -0.4 is 14.8 Å². The second-order valence-corrected chi connectivity index (χ2v) is 7.21. The van der Waals surface area contributed by atoms with Gasteiger partial charge < -0.3 is 19.7 Å². The van der Waals surface area contributed by atoms with Crippen LogP contribution in [-0.4, -0.2) is 68.6 Å². The highest BCUT2D eigenvalue weighted by Crippen LogP contribution is 2.25. The lowest BCUT2D eigenvalue weighted by Crippen LogP contribution is -2.48. The third-order valence-electron chi connectivity index (χ3n) is 5.27. The van der Waals surface area contributed by atoms with Gasteiger partial charge in [0.1, 0.15) is 11.5 Å². The van der Waals surface area contributed by atoms with E-state index in [1.807, 2.05) is 41.3 Å². The van der Waals surface area contributed by atoms with Crippen molar-refractivity contribution in [3.8, 4) is 11.5 Å². The first-order chi connectivity index (χ1) is 14.6. The molecule has 2 aromatic rings. The van der Waals surface area contributed by atoms with Gasteiger partial charge in [-0.15, -0.1) is 0 Å². The van der Waals surface area contributed by atoms with Gasteiger partial charge in [0.2, 0.25) is 5.91 Å². The maximum Gasteiger partial charge on any atom is 0.251 e. The summed E-state index contributed by atoms with van der Waals surface area (Å²) in [6.45, 7) is 4.03. The minimum absolute atomic E-state index is 0.0713. The lowest BCUT2D eigenvalue weighted by molar-refractivity contribution is -0.132. The SMILES string of the molecule is COc1ccc(OC)c(CN2CCN(C(=O)CCNC(=O)c3ccccc3)CC2)c1. The number of hydrogen-bond donors (Lipinski definition) is 1. The number of rotatable bonds is 8. The molecule has 0 bridgehead atoms. The minimum Gasteiger partial charge on any atom is -0.497 e. The van der Waals surface area contributed by atoms with Crippen LogP contribution in [0.2, 0.25) is 0 Å². The zero-order chi connectivity index (χ0) is 21.3. The van der Waals surface area contributed by atoms with E-state index in [1.165, 1.54) is 0 Å². The van der Waals surface area contributed by atoms with E-state index in [0.29, 0.717) is 31.6 Å². The normalized spacial score (nSPS) is 14.3. The highest BCUT2D eigenvalue weighted by atomic mass is 16.5. The van der Waals surface area contributed by atoms with Gasteiger partial charge in [0.05, 0.1) is 14.2 Å². The predicted octanol–water partition coefficient (Wildman–Crippen LogP) is 2.17. The van der Waals surface area contributed by atoms with Crippen molar-refractivity contribution in [2.45, 2.75) is 13.0 Å². The molecule has 0 saturated carbocycles. The smallest absolute Gasteiger partial charge is 0.251 e. The molecular formula is C23H29N3O4. The predicted molar refractivity (Wildman–Crippen MR) is 115 cm³/mol. The Balaban J connectivity index is 1.43. The number of amides is 2. The Morgan fingerprint density at radius 3 is 2.37 bits per heavy atom. The first-order valence-electron chi connectivity index (χ1n) is 10.1. The number of ether oxygens (including phenoxy) is 2. The first-order valence-corrected chi connectivity index (χ1v) is 10.1. The van der Waals surface area contributed by atoms with Crippen LogP contribution in [0.3, 0.4) is 0 Å². The summed E-state index contributed by atoms with van der Waals surface area (Å²) in [7, 11) is 3.32. The van der Waals surface area contributed by atoms with Crippen molar-refractivity contribution in [3.05, 3.63) is 59.7 Å². The fourth-order valence-electron chi connectivity index (χ4n) is 3.53. The summed E-state index contributed by atoms with van der Waals surface area (Å²) >= 11 is 0. The van der Waals surface area contributed by atoms with Gasteiger partial charge in [-0.25, -0.2) is 0 Å². The molecule has 0 unspecified atom stereocenters. The second-order valence-electron chi connectivity index (χ2n) is 7.21. The van der Waals surface area contributed by atoms with E-state index in [4.69, 9.17) is 9.47 Å². The molecule has 160 valence electrons. The Bertz CT molecular complexity index is 849. The summed E-state index contributed by atoms with van der Waals surface area (Å²) in [5, 5.41) is 2.81. The Hall–Kier alpha value is -3.06. The number of carbonyl (C=O) groups excluding carboxylic acids is 2. The molecule has 0 aliphatic carbocycles. The maximum atomic E-state index is 12.5. The van der Waals surface area contributed by atoms with Gasteiger partial charge in [-0.3, -0.25) is 14.5 Å². The standard InChI is InChI=1S/C23H29N3O4/c1-29-20-8-9-21(30-2)19(16-20)17-25-12-14-26(15-13-25)22(27)10-11-24-23(28)18-6-4-3-5-7-18/h3-9,16H,10-15,17H2,1-2H3,(H,24,28). The van der Waals surface area contributed by atoms with Gasteiger partial charge in [-0.1, -0.05) is 18.2 Å². The van der Waals surface area contributed by atoms with E-state index in [0.717, 1.165) is 36.7 Å². The molecule has 7 nitrogen and oxygen atoms in total. The van der Waals surface area contributed by atoms with Crippen molar-refractivity contribution in [3.63, 3.8) is 0 Å². The monoisotopic (exact) mass is 411 g/mol. The van der Waals surface area contributed by atoms with Crippen LogP contribution in [0.25, 0.3) is 0 Å². The summed E-state index contributed by atoms with van der Waals surface area (Å²) in [5.41, 5.74) is 1.67. The van der Waals surface area contributed by atoms with Crippen molar-refractivity contribution in [2.24, 2.45) is 0 Å². The molecule has 1 fully saturated rings. The molecule has 0 radical (unpaired) electrons. The Morgan fingerprint density at radius 1 is 0.967 bits per heavy atom. The number of methoxy groups -OCH3 is 2. The molecule has 1 aliphatic rings. The number of hydrogen-bond acceptors (Lipinski definition) is 5. The minimum atomic E-state index is -0.152. The van der Waals surface area contributed by atoms with Crippen LogP contribution in [0.15, 0.2) is 48.5 Å². The number of benzene rings is 2. The van der Waals surface area contributed by atoms with Crippen molar-refractivity contribution in [1.82, 2.24) is 15.1 Å². The van der Waals surface area contributed by atoms with Crippen LogP contribution in [0.1, 0.15) is 22.3 Å². The summed E-state index contributed by atoms with van der Waals surface area (Å²) in [6.07, 6.45) is 0.308. The number of carbonyl (C=O) groups is 2. The van der Waals surface area contributed by atoms with E-state index in [-0.39, 0.29) is 11.8 Å². The van der Waals surface area contributed by atoms with Gasteiger partial charge in [-0.2, -0.15) is 0 Å². The quantitative estimate of drug-likeness (QED) is 0.721. The van der Waals surface area contributed by atoms with Crippen molar-refractivity contribution < 1.29 is 19.1 Å². The molecule has 0 aromatic heterocycles. The lowest BCUT2D eigenvalue weighted by atomic mass is 10.1. The summed E-state index contributed by atoms with van der Waals surface area (Å²) in [6, 6.07) is 14.8. The van der Waals surface area contributed by atoms with Crippen LogP contribution in [0.5, 0.6) is 11.5 Å². The van der Waals surface area contributed by atoms with Crippen molar-refractivity contribution >= 4 is 11.8 Å². The number of nitrogens with one attached hydrogen (secondary N) is 1. The third-order valence-corrected chi connectivity index (χ3v) is 5.27. The number of nitrogens with zero attached hydrogens (tertiary/aromatic N) is 2. The van der Waals surface area contributed by atoms with E-state index in [9.17, 15) is 9.59 Å². The summed E-state index contributed by atoms with van der Waals surface area (Å²) in [5.74, 6) is 1.56. The summed E-state index contributed by atoms with van der Waals surface area (Å²) in [4.78, 5) is 28.7. The molecule has 1 saturated heterocycles. The second kappa shape index (κ2) is 10.6. The van der Waals surface area contributed by atoms with E-state index in [2.05, 4.69) is 10.2 Å². The van der Waals surface area contributed by atoms with Gasteiger partial charge in [0, 0.05) is 56.8 Å². The topological polar surface area (TPSA) is 71.1 Å². The van der Waals surface area contributed by atoms with Gasteiger partial charge in [-0.05, 0) is 30.3 Å². The van der Waals surface area contributed by atoms with Gasteiger partial charge in [0.25, 0.3) is 5.91 Å². The highest BCUT2D eigenvalue weighted by molar-refractivity contribution is 5.94. The largest absolute Gasteiger partial charge is 0.497 e. The van der Waals surface area contributed by atoms with Crippen LogP contribution in [-0.2, 0) is 11.3 Å². The zero-order valence-corrected chi connectivity index (χ0v) is 17.6. The van der Waals surface area contributed by atoms with Crippen LogP contribution >= 0.6 is 0 Å². The van der Waals surface area contributed by atoms with E-state index >= 15 is 0 Å². The molecule has 1 N–H and O–H groups in total. The molecule has 0 atom stereocenters. The van der Waals surface area contributed by atoms with Crippen molar-refractivity contribution in [1.29, 1.82) is 0 Å². The average molecular weight is 412 g/mol. The highest BCUT2D eigenvalue weighted by Gasteiger charge is 2.22. The molecule has 1 aliphatic heterocycles. The molecule has 30 heavy (non-hydrogen) atoms. The fraction of sp³-hybridized carbons (Fsp3) is 0.391. The molecule has 3 rings (SSSR count). The molecule has 0 spiro atoms. The fourth-order valence-corrected chi connectivity index (χ4v) is 3.53. The van der Waals surface area contributed by atoms with E-state index in [1.54, 1.807) is 26.4 Å². The van der Waals surface area contributed by atoms with Crippen LogP contribution in [0, 0.1) is 0 Å². The molecule has 7 heteroatoms. The Morgan fingerprint density at radius 2 is 1.70 bits per heavy atom. The van der Waals surface area contributed by atoms with Gasteiger partial charge >= 0.3 is 0 Å². The zero-order valence-electron chi connectivity index (χ0n) is 17.6. The Kier molecular flexibility index (Phi) is 7.68. The first kappa shape index (κ1) is 21.6. The van der Waals surface area contributed by atoms with Crippen LogP contribution in [0.4, 0.5) is 0 Å². The number of piperazine rings is 1. The maximum absolute atomic E-state index is 12.5. The van der Waals surface area contributed by atoms with Crippen molar-refractivity contribution in [2.75, 3.05) is 46.9 Å². The van der Waals surface area contributed by atoms with Gasteiger partial charge in [0.15, 0.2) is 0 Å². The van der Waals surface area contributed by atoms with E-state index < -0.39 is 0 Å². The molecule has 2 aromatic carbocycles.